The van der Waals surface area contributed by atoms with Crippen molar-refractivity contribution in [3.63, 3.8) is 0 Å². The Hall–Kier alpha value is -1.83. The van der Waals surface area contributed by atoms with Crippen LogP contribution in [0.1, 0.15) is 37.8 Å². The van der Waals surface area contributed by atoms with Gasteiger partial charge in [0.15, 0.2) is 0 Å². The monoisotopic (exact) mass is 286 g/mol. The molecule has 0 aliphatic heterocycles. The van der Waals surface area contributed by atoms with Crippen LogP contribution in [0.3, 0.4) is 0 Å². The summed E-state index contributed by atoms with van der Waals surface area (Å²) in [6.45, 7) is 8.97. The fraction of sp³-hybridized carbons (Fsp3) is 0.368. The number of benzene rings is 2. The molecule has 2 rings (SSSR count). The maximum Gasteiger partial charge on any atom is 0.126 e. The molecule has 0 saturated heterocycles. The van der Waals surface area contributed by atoms with Gasteiger partial charge in [0.25, 0.3) is 0 Å². The molecule has 0 amide bonds. The fourth-order valence-corrected chi connectivity index (χ4v) is 2.42. The third kappa shape index (κ3) is 4.07. The Labute approximate surface area is 126 Å². The zero-order valence-corrected chi connectivity index (χ0v) is 13.2. The minimum atomic E-state index is -0.196. The second-order valence-electron chi connectivity index (χ2n) is 6.55. The number of ether oxygens (including phenoxy) is 1. The molecule has 0 aliphatic rings. The zero-order chi connectivity index (χ0) is 15.5. The van der Waals surface area contributed by atoms with Crippen LogP contribution in [-0.2, 0) is 0 Å². The van der Waals surface area contributed by atoms with Crippen LogP contribution in [0.25, 0.3) is 0 Å². The van der Waals surface area contributed by atoms with Gasteiger partial charge in [-0.05, 0) is 41.7 Å². The molecule has 0 radical (unpaired) electrons. The van der Waals surface area contributed by atoms with E-state index in [0.29, 0.717) is 12.2 Å². The summed E-state index contributed by atoms with van der Waals surface area (Å²) in [6, 6.07) is 15.3. The molecule has 1 nitrogen and oxygen atoms in total. The van der Waals surface area contributed by atoms with E-state index >= 15 is 0 Å². The first-order valence-corrected chi connectivity index (χ1v) is 7.32. The highest BCUT2D eigenvalue weighted by Crippen LogP contribution is 2.35. The molecule has 0 spiro atoms. The van der Waals surface area contributed by atoms with E-state index in [-0.39, 0.29) is 17.2 Å². The summed E-state index contributed by atoms with van der Waals surface area (Å²) in [5, 5.41) is 0. The topological polar surface area (TPSA) is 9.23 Å². The maximum absolute atomic E-state index is 13.3. The first kappa shape index (κ1) is 15.6. The fourth-order valence-electron chi connectivity index (χ4n) is 2.42. The first-order chi connectivity index (χ1) is 9.88. The minimum Gasteiger partial charge on any atom is -0.493 e. The number of rotatable bonds is 4. The Morgan fingerprint density at radius 3 is 2.29 bits per heavy atom. The van der Waals surface area contributed by atoms with Crippen LogP contribution in [0.15, 0.2) is 48.5 Å². The second-order valence-corrected chi connectivity index (χ2v) is 6.55. The van der Waals surface area contributed by atoms with Gasteiger partial charge in [-0.2, -0.15) is 0 Å². The molecule has 0 fully saturated rings. The van der Waals surface area contributed by atoms with Gasteiger partial charge in [0.1, 0.15) is 11.6 Å². The van der Waals surface area contributed by atoms with Gasteiger partial charge < -0.3 is 4.74 Å². The normalized spacial score (nSPS) is 13.0. The number of hydrogen-bond donors (Lipinski definition) is 0. The Bertz CT molecular complexity index is 584. The summed E-state index contributed by atoms with van der Waals surface area (Å²) < 4.78 is 19.2. The molecule has 1 unspecified atom stereocenters. The number of aryl methyl sites for hydroxylation is 1. The average molecular weight is 286 g/mol. The highest BCUT2D eigenvalue weighted by atomic mass is 19.1. The van der Waals surface area contributed by atoms with Gasteiger partial charge in [0.05, 0.1) is 6.61 Å². The summed E-state index contributed by atoms with van der Waals surface area (Å²) in [6.07, 6.45) is 0. The van der Waals surface area contributed by atoms with Crippen molar-refractivity contribution in [2.24, 2.45) is 5.41 Å². The van der Waals surface area contributed by atoms with Crippen molar-refractivity contribution in [2.75, 3.05) is 6.61 Å². The van der Waals surface area contributed by atoms with Gasteiger partial charge in [-0.25, -0.2) is 4.39 Å². The van der Waals surface area contributed by atoms with E-state index in [4.69, 9.17) is 4.74 Å². The van der Waals surface area contributed by atoms with E-state index < -0.39 is 0 Å². The standard InChI is InChI=1S/C19H23FO/c1-14-12-16(10-11-18(14)20)21-13-17(19(2,3)4)15-8-6-5-7-9-15/h5-12,17H,13H2,1-4H3. The van der Waals surface area contributed by atoms with Gasteiger partial charge in [-0.15, -0.1) is 0 Å². The van der Waals surface area contributed by atoms with Crippen molar-refractivity contribution >= 4 is 0 Å². The lowest BCUT2D eigenvalue weighted by Crippen LogP contribution is -2.24. The van der Waals surface area contributed by atoms with Crippen LogP contribution in [0.5, 0.6) is 5.75 Å². The molecule has 0 aliphatic carbocycles. The molecule has 112 valence electrons. The summed E-state index contributed by atoms with van der Waals surface area (Å²) in [5.74, 6) is 0.806. The van der Waals surface area contributed by atoms with Crippen LogP contribution < -0.4 is 4.74 Å². The quantitative estimate of drug-likeness (QED) is 0.737. The van der Waals surface area contributed by atoms with E-state index in [1.165, 1.54) is 11.6 Å². The third-order valence-corrected chi connectivity index (χ3v) is 3.79. The maximum atomic E-state index is 13.3. The van der Waals surface area contributed by atoms with Gasteiger partial charge in [0, 0.05) is 5.92 Å². The first-order valence-electron chi connectivity index (χ1n) is 7.32. The second kappa shape index (κ2) is 6.30. The van der Waals surface area contributed by atoms with Crippen molar-refractivity contribution in [3.8, 4) is 5.75 Å². The SMILES string of the molecule is Cc1cc(OCC(c2ccccc2)C(C)(C)C)ccc1F. The summed E-state index contributed by atoms with van der Waals surface area (Å²) >= 11 is 0. The van der Waals surface area contributed by atoms with E-state index in [1.54, 1.807) is 19.1 Å². The number of halogens is 1. The molecule has 0 bridgehead atoms. The molecule has 1 atom stereocenters. The molecule has 0 heterocycles. The molecule has 0 aromatic heterocycles. The predicted octanol–water partition coefficient (Wildman–Crippen LogP) is 5.34. The molecular weight excluding hydrogens is 263 g/mol. The Morgan fingerprint density at radius 2 is 1.71 bits per heavy atom. The Kier molecular flexibility index (Phi) is 4.66. The smallest absolute Gasteiger partial charge is 0.126 e. The van der Waals surface area contributed by atoms with Crippen molar-refractivity contribution in [2.45, 2.75) is 33.6 Å². The van der Waals surface area contributed by atoms with E-state index in [1.807, 2.05) is 6.07 Å². The highest BCUT2D eigenvalue weighted by molar-refractivity contribution is 5.29. The van der Waals surface area contributed by atoms with Gasteiger partial charge in [0.2, 0.25) is 0 Å². The average Bonchev–Trinajstić information content (AvgIpc) is 2.43. The van der Waals surface area contributed by atoms with Crippen molar-refractivity contribution in [1.29, 1.82) is 0 Å². The van der Waals surface area contributed by atoms with Gasteiger partial charge >= 0.3 is 0 Å². The van der Waals surface area contributed by atoms with Crippen LogP contribution in [0.4, 0.5) is 4.39 Å². The van der Waals surface area contributed by atoms with Crippen LogP contribution >= 0.6 is 0 Å². The largest absolute Gasteiger partial charge is 0.493 e. The molecular formula is C19H23FO. The molecule has 0 N–H and O–H groups in total. The van der Waals surface area contributed by atoms with Crippen molar-refractivity contribution in [3.05, 3.63) is 65.5 Å². The summed E-state index contributed by atoms with van der Waals surface area (Å²) in [7, 11) is 0. The van der Waals surface area contributed by atoms with E-state index in [9.17, 15) is 4.39 Å². The lowest BCUT2D eigenvalue weighted by molar-refractivity contribution is 0.203. The summed E-state index contributed by atoms with van der Waals surface area (Å²) in [4.78, 5) is 0. The van der Waals surface area contributed by atoms with E-state index in [2.05, 4.69) is 45.0 Å². The highest BCUT2D eigenvalue weighted by Gasteiger charge is 2.26. The van der Waals surface area contributed by atoms with E-state index in [0.717, 1.165) is 5.75 Å². The molecule has 2 heteroatoms. The molecule has 2 aromatic rings. The third-order valence-electron chi connectivity index (χ3n) is 3.79. The van der Waals surface area contributed by atoms with Crippen LogP contribution in [0.2, 0.25) is 0 Å². The summed E-state index contributed by atoms with van der Waals surface area (Å²) in [5.41, 5.74) is 1.97. The number of hydrogen-bond acceptors (Lipinski definition) is 1. The lowest BCUT2D eigenvalue weighted by atomic mass is 9.77. The van der Waals surface area contributed by atoms with Crippen molar-refractivity contribution in [1.82, 2.24) is 0 Å². The van der Waals surface area contributed by atoms with Crippen LogP contribution in [-0.4, -0.2) is 6.61 Å². The van der Waals surface area contributed by atoms with Gasteiger partial charge in [-0.1, -0.05) is 51.1 Å². The Balaban J connectivity index is 2.15. The Morgan fingerprint density at radius 1 is 1.05 bits per heavy atom. The van der Waals surface area contributed by atoms with Crippen molar-refractivity contribution < 1.29 is 9.13 Å². The minimum absolute atomic E-state index is 0.0937. The lowest BCUT2D eigenvalue weighted by Gasteiger charge is -2.31. The van der Waals surface area contributed by atoms with Crippen LogP contribution in [0, 0.1) is 18.2 Å². The molecule has 0 saturated carbocycles. The zero-order valence-electron chi connectivity index (χ0n) is 13.2. The molecule has 21 heavy (non-hydrogen) atoms. The predicted molar refractivity (Wildman–Crippen MR) is 85.3 cm³/mol. The molecule has 2 aromatic carbocycles. The van der Waals surface area contributed by atoms with Gasteiger partial charge in [-0.3, -0.25) is 0 Å².